The number of ether oxygens (including phenoxy) is 2. The number of hydrogen-bond acceptors (Lipinski definition) is 3. The van der Waals surface area contributed by atoms with Crippen molar-refractivity contribution in [3.05, 3.63) is 41.7 Å². The summed E-state index contributed by atoms with van der Waals surface area (Å²) in [6.07, 6.45) is 2.61. The van der Waals surface area contributed by atoms with Gasteiger partial charge in [-0.3, -0.25) is 4.68 Å². The summed E-state index contributed by atoms with van der Waals surface area (Å²) in [6, 6.07) is 7.94. The van der Waals surface area contributed by atoms with Crippen LogP contribution in [0.15, 0.2) is 30.5 Å². The van der Waals surface area contributed by atoms with Crippen molar-refractivity contribution in [2.45, 2.75) is 11.8 Å². The molecule has 0 amide bonds. The molecule has 2 aromatic rings. The van der Waals surface area contributed by atoms with E-state index in [2.05, 4.69) is 21.0 Å². The molecule has 0 saturated heterocycles. The summed E-state index contributed by atoms with van der Waals surface area (Å²) in [4.78, 5) is 0. The molecule has 0 radical (unpaired) electrons. The quantitative estimate of drug-likeness (QED) is 0.766. The lowest BCUT2D eigenvalue weighted by Gasteiger charge is -2.11. The maximum Gasteiger partial charge on any atom is 0.161 e. The molecule has 0 unspecified atom stereocenters. The normalized spacial score (nSPS) is 10.5. The van der Waals surface area contributed by atoms with Crippen LogP contribution in [0.1, 0.15) is 11.3 Å². The monoisotopic (exact) mass is 324 g/mol. The summed E-state index contributed by atoms with van der Waals surface area (Å²) in [5, 5.41) is 4.93. The van der Waals surface area contributed by atoms with Gasteiger partial charge < -0.3 is 9.47 Å². The molecule has 0 N–H and O–H groups in total. The number of alkyl halides is 1. The van der Waals surface area contributed by atoms with E-state index in [0.717, 1.165) is 34.5 Å². The molecule has 1 aromatic heterocycles. The van der Waals surface area contributed by atoms with Gasteiger partial charge in [0.1, 0.15) is 0 Å². The minimum atomic E-state index is 0.601. The minimum Gasteiger partial charge on any atom is -0.493 e. The number of aromatic nitrogens is 2. The number of methoxy groups -OCH3 is 1. The van der Waals surface area contributed by atoms with Crippen molar-refractivity contribution in [2.24, 2.45) is 7.05 Å². The second kappa shape index (κ2) is 6.61. The molecule has 1 aromatic carbocycles. The zero-order chi connectivity index (χ0) is 13.7. The lowest BCUT2D eigenvalue weighted by atomic mass is 10.2. The Labute approximate surface area is 121 Å². The van der Waals surface area contributed by atoms with Crippen LogP contribution in [0.2, 0.25) is 0 Å². The fraction of sp³-hybridized carbons (Fsp3) is 0.357. The third-order valence-corrected chi connectivity index (χ3v) is 3.57. The van der Waals surface area contributed by atoms with Gasteiger partial charge in [-0.1, -0.05) is 22.0 Å². The first-order valence-electron chi connectivity index (χ1n) is 6.07. The number of aryl methyl sites for hydroxylation is 1. The fourth-order valence-electron chi connectivity index (χ4n) is 1.83. The van der Waals surface area contributed by atoms with E-state index in [1.807, 2.05) is 36.0 Å². The van der Waals surface area contributed by atoms with E-state index >= 15 is 0 Å². The predicted molar refractivity (Wildman–Crippen MR) is 78.0 cm³/mol. The standard InChI is InChI=1S/C14H17BrN2O2/c1-17-12(5-7-16-17)6-8-19-13-4-3-11(10-15)9-14(13)18-2/h3-5,7,9H,6,8,10H2,1-2H3. The lowest BCUT2D eigenvalue weighted by molar-refractivity contribution is 0.295. The summed E-state index contributed by atoms with van der Waals surface area (Å²) in [5.74, 6) is 1.54. The molecule has 0 fully saturated rings. The molecule has 0 aliphatic heterocycles. The Bertz CT molecular complexity index is 540. The Morgan fingerprint density at radius 1 is 1.26 bits per heavy atom. The predicted octanol–water partition coefficient (Wildman–Crippen LogP) is 2.95. The van der Waals surface area contributed by atoms with Gasteiger partial charge in [-0.15, -0.1) is 0 Å². The summed E-state index contributed by atoms with van der Waals surface area (Å²) >= 11 is 3.43. The third-order valence-electron chi connectivity index (χ3n) is 2.92. The van der Waals surface area contributed by atoms with E-state index in [4.69, 9.17) is 9.47 Å². The zero-order valence-electron chi connectivity index (χ0n) is 11.1. The highest BCUT2D eigenvalue weighted by Gasteiger charge is 2.06. The average Bonchev–Trinajstić information content (AvgIpc) is 2.84. The van der Waals surface area contributed by atoms with E-state index < -0.39 is 0 Å². The zero-order valence-corrected chi connectivity index (χ0v) is 12.7. The average molecular weight is 325 g/mol. The summed E-state index contributed by atoms with van der Waals surface area (Å²) in [5.41, 5.74) is 2.31. The van der Waals surface area contributed by atoms with Gasteiger partial charge in [0.25, 0.3) is 0 Å². The molecule has 2 rings (SSSR count). The molecule has 4 nitrogen and oxygen atoms in total. The van der Waals surface area contributed by atoms with Gasteiger partial charge in [-0.2, -0.15) is 5.10 Å². The van der Waals surface area contributed by atoms with Crippen LogP contribution in [0, 0.1) is 0 Å². The molecule has 0 bridgehead atoms. The molecule has 1 heterocycles. The second-order valence-electron chi connectivity index (χ2n) is 4.16. The molecule has 5 heteroatoms. The Hall–Kier alpha value is -1.49. The van der Waals surface area contributed by atoms with Gasteiger partial charge >= 0.3 is 0 Å². The van der Waals surface area contributed by atoms with E-state index in [1.54, 1.807) is 13.3 Å². The highest BCUT2D eigenvalue weighted by Crippen LogP contribution is 2.28. The Morgan fingerprint density at radius 3 is 2.74 bits per heavy atom. The maximum absolute atomic E-state index is 5.77. The van der Waals surface area contributed by atoms with Gasteiger partial charge in [-0.25, -0.2) is 0 Å². The van der Waals surface area contributed by atoms with E-state index in [1.165, 1.54) is 0 Å². The molecule has 0 saturated carbocycles. The second-order valence-corrected chi connectivity index (χ2v) is 4.72. The van der Waals surface area contributed by atoms with Crippen LogP contribution >= 0.6 is 15.9 Å². The Morgan fingerprint density at radius 2 is 2.11 bits per heavy atom. The first-order valence-corrected chi connectivity index (χ1v) is 7.19. The summed E-state index contributed by atoms with van der Waals surface area (Å²) < 4.78 is 13.0. The van der Waals surface area contributed by atoms with Crippen LogP contribution in [0.25, 0.3) is 0 Å². The van der Waals surface area contributed by atoms with E-state index in [9.17, 15) is 0 Å². The van der Waals surface area contributed by atoms with Crippen molar-refractivity contribution in [3.63, 3.8) is 0 Å². The van der Waals surface area contributed by atoms with Gasteiger partial charge in [-0.05, 0) is 23.8 Å². The minimum absolute atomic E-state index is 0.601. The molecular formula is C14H17BrN2O2. The van der Waals surface area contributed by atoms with Crippen molar-refractivity contribution >= 4 is 15.9 Å². The van der Waals surface area contributed by atoms with Crippen LogP contribution in [0.3, 0.4) is 0 Å². The number of rotatable bonds is 6. The molecule has 0 aliphatic rings. The first-order chi connectivity index (χ1) is 9.24. The molecular weight excluding hydrogens is 308 g/mol. The summed E-state index contributed by atoms with van der Waals surface area (Å²) in [6.45, 7) is 0.601. The van der Waals surface area contributed by atoms with Crippen molar-refractivity contribution in [3.8, 4) is 11.5 Å². The van der Waals surface area contributed by atoms with Crippen molar-refractivity contribution in [2.75, 3.05) is 13.7 Å². The number of halogens is 1. The SMILES string of the molecule is COc1cc(CBr)ccc1OCCc1ccnn1C. The summed E-state index contributed by atoms with van der Waals surface area (Å²) in [7, 11) is 3.59. The molecule has 0 spiro atoms. The number of benzene rings is 1. The number of nitrogens with zero attached hydrogens (tertiary/aromatic N) is 2. The topological polar surface area (TPSA) is 36.3 Å². The smallest absolute Gasteiger partial charge is 0.161 e. The fourth-order valence-corrected chi connectivity index (χ4v) is 2.18. The highest BCUT2D eigenvalue weighted by atomic mass is 79.9. The van der Waals surface area contributed by atoms with Gasteiger partial charge in [0.15, 0.2) is 11.5 Å². The Kier molecular flexibility index (Phi) is 4.85. The highest BCUT2D eigenvalue weighted by molar-refractivity contribution is 9.08. The molecule has 102 valence electrons. The maximum atomic E-state index is 5.77. The van der Waals surface area contributed by atoms with E-state index in [-0.39, 0.29) is 0 Å². The van der Waals surface area contributed by atoms with Crippen LogP contribution in [0.4, 0.5) is 0 Å². The van der Waals surface area contributed by atoms with Gasteiger partial charge in [0.05, 0.1) is 13.7 Å². The van der Waals surface area contributed by atoms with Crippen LogP contribution in [-0.4, -0.2) is 23.5 Å². The largest absolute Gasteiger partial charge is 0.493 e. The molecule has 0 atom stereocenters. The van der Waals surface area contributed by atoms with E-state index in [0.29, 0.717) is 6.61 Å². The molecule has 0 aliphatic carbocycles. The van der Waals surface area contributed by atoms with Crippen molar-refractivity contribution in [1.82, 2.24) is 9.78 Å². The van der Waals surface area contributed by atoms with Crippen molar-refractivity contribution in [1.29, 1.82) is 0 Å². The third kappa shape index (κ3) is 3.50. The number of hydrogen-bond donors (Lipinski definition) is 0. The first kappa shape index (κ1) is 13.9. The lowest BCUT2D eigenvalue weighted by Crippen LogP contribution is -2.06. The Balaban J connectivity index is 1.97. The van der Waals surface area contributed by atoms with Gasteiger partial charge in [0, 0.05) is 30.7 Å². The van der Waals surface area contributed by atoms with Crippen molar-refractivity contribution < 1.29 is 9.47 Å². The van der Waals surface area contributed by atoms with Crippen LogP contribution in [-0.2, 0) is 18.8 Å². The van der Waals surface area contributed by atoms with Gasteiger partial charge in [0.2, 0.25) is 0 Å². The van der Waals surface area contributed by atoms with Crippen LogP contribution < -0.4 is 9.47 Å². The molecule has 19 heavy (non-hydrogen) atoms. The van der Waals surface area contributed by atoms with Crippen LogP contribution in [0.5, 0.6) is 11.5 Å².